The van der Waals surface area contributed by atoms with Crippen LogP contribution in [0, 0.1) is 0 Å². The molecule has 3 N–H and O–H groups in total. The number of rotatable bonds is 6. The van der Waals surface area contributed by atoms with E-state index in [1.54, 1.807) is 0 Å². The topological polar surface area (TPSA) is 66.6 Å². The van der Waals surface area contributed by atoms with Crippen molar-refractivity contribution < 1.29 is 9.90 Å². The zero-order valence-corrected chi connectivity index (χ0v) is 14.5. The van der Waals surface area contributed by atoms with Gasteiger partial charge in [-0.05, 0) is 36.9 Å². The molecule has 1 aliphatic rings. The van der Waals surface area contributed by atoms with Crippen LogP contribution in [0.1, 0.15) is 36.8 Å². The standard InChI is InChI=1S/C21H26N2O2/c22-15-7-14-20(24)23-16-8-13-19(23)21(25,17-9-3-1-4-10-17)18-11-5-2-6-12-18/h1-6,9-12,19,25H,7-8,13-16,22H2/t19-/m0/s1. The first-order chi connectivity index (χ1) is 12.2. The number of hydrogen-bond donors (Lipinski definition) is 2. The van der Waals surface area contributed by atoms with Gasteiger partial charge in [-0.1, -0.05) is 60.7 Å². The van der Waals surface area contributed by atoms with Gasteiger partial charge in [-0.3, -0.25) is 4.79 Å². The second kappa shape index (κ2) is 7.81. The lowest BCUT2D eigenvalue weighted by atomic mass is 9.79. The van der Waals surface area contributed by atoms with Crippen LogP contribution in [0.25, 0.3) is 0 Å². The van der Waals surface area contributed by atoms with Crippen LogP contribution in [-0.4, -0.2) is 35.0 Å². The fraction of sp³-hybridized carbons (Fsp3) is 0.381. The van der Waals surface area contributed by atoms with Gasteiger partial charge in [0.1, 0.15) is 5.60 Å². The van der Waals surface area contributed by atoms with Crippen LogP contribution < -0.4 is 5.73 Å². The minimum absolute atomic E-state index is 0.0817. The van der Waals surface area contributed by atoms with Gasteiger partial charge in [0, 0.05) is 13.0 Å². The van der Waals surface area contributed by atoms with Crippen LogP contribution in [0.3, 0.4) is 0 Å². The average molecular weight is 338 g/mol. The van der Waals surface area contributed by atoms with Crippen molar-refractivity contribution in [3.63, 3.8) is 0 Å². The Hall–Kier alpha value is -2.17. The average Bonchev–Trinajstić information content (AvgIpc) is 3.17. The summed E-state index contributed by atoms with van der Waals surface area (Å²) in [5.74, 6) is 0.0817. The summed E-state index contributed by atoms with van der Waals surface area (Å²) in [6, 6.07) is 19.1. The van der Waals surface area contributed by atoms with Crippen molar-refractivity contribution in [1.82, 2.24) is 4.90 Å². The molecule has 132 valence electrons. The second-order valence-corrected chi connectivity index (χ2v) is 6.64. The molecule has 1 fully saturated rings. The molecule has 0 saturated carbocycles. The van der Waals surface area contributed by atoms with E-state index in [1.807, 2.05) is 65.6 Å². The number of nitrogens with zero attached hydrogens (tertiary/aromatic N) is 1. The monoisotopic (exact) mass is 338 g/mol. The van der Waals surface area contributed by atoms with Crippen molar-refractivity contribution in [3.8, 4) is 0 Å². The van der Waals surface area contributed by atoms with E-state index < -0.39 is 5.60 Å². The van der Waals surface area contributed by atoms with Crippen molar-refractivity contribution in [1.29, 1.82) is 0 Å². The Bertz CT molecular complexity index is 648. The molecule has 2 aromatic carbocycles. The molecular weight excluding hydrogens is 312 g/mol. The molecule has 0 radical (unpaired) electrons. The maximum absolute atomic E-state index is 12.7. The summed E-state index contributed by atoms with van der Waals surface area (Å²) in [6.07, 6.45) is 2.81. The lowest BCUT2D eigenvalue weighted by molar-refractivity contribution is -0.136. The summed E-state index contributed by atoms with van der Waals surface area (Å²) in [6.45, 7) is 1.20. The predicted molar refractivity (Wildman–Crippen MR) is 98.9 cm³/mol. The highest BCUT2D eigenvalue weighted by molar-refractivity contribution is 5.77. The summed E-state index contributed by atoms with van der Waals surface area (Å²) < 4.78 is 0. The van der Waals surface area contributed by atoms with Crippen molar-refractivity contribution in [2.24, 2.45) is 5.73 Å². The van der Waals surface area contributed by atoms with Crippen molar-refractivity contribution in [2.45, 2.75) is 37.3 Å². The zero-order valence-electron chi connectivity index (χ0n) is 14.5. The summed E-state index contributed by atoms with van der Waals surface area (Å²) in [5.41, 5.74) is 5.99. The van der Waals surface area contributed by atoms with E-state index in [9.17, 15) is 9.90 Å². The van der Waals surface area contributed by atoms with E-state index in [0.29, 0.717) is 25.9 Å². The van der Waals surface area contributed by atoms with Crippen LogP contribution in [0.2, 0.25) is 0 Å². The third-order valence-corrected chi connectivity index (χ3v) is 5.08. The first-order valence-electron chi connectivity index (χ1n) is 9.01. The molecule has 3 rings (SSSR count). The number of carbonyl (C=O) groups excluding carboxylic acids is 1. The predicted octanol–water partition coefficient (Wildman–Crippen LogP) is 2.65. The summed E-state index contributed by atoms with van der Waals surface area (Å²) in [5, 5.41) is 11.9. The Balaban J connectivity index is 2.01. The number of nitrogens with two attached hydrogens (primary N) is 1. The van der Waals surface area contributed by atoms with E-state index in [1.165, 1.54) is 0 Å². The van der Waals surface area contributed by atoms with Gasteiger partial charge in [0.2, 0.25) is 5.91 Å². The Kier molecular flexibility index (Phi) is 5.51. The Morgan fingerprint density at radius 2 is 1.64 bits per heavy atom. The highest BCUT2D eigenvalue weighted by Gasteiger charge is 2.46. The summed E-state index contributed by atoms with van der Waals surface area (Å²) in [4.78, 5) is 14.5. The quantitative estimate of drug-likeness (QED) is 0.851. The Morgan fingerprint density at radius 1 is 1.08 bits per heavy atom. The molecule has 0 unspecified atom stereocenters. The third-order valence-electron chi connectivity index (χ3n) is 5.08. The molecule has 1 saturated heterocycles. The first kappa shape index (κ1) is 17.6. The number of carbonyl (C=O) groups is 1. The lowest BCUT2D eigenvalue weighted by Crippen LogP contribution is -2.50. The fourth-order valence-corrected chi connectivity index (χ4v) is 3.83. The molecule has 2 aromatic rings. The van der Waals surface area contributed by atoms with Crippen LogP contribution in [0.4, 0.5) is 0 Å². The van der Waals surface area contributed by atoms with Crippen molar-refractivity contribution >= 4 is 5.91 Å². The molecule has 0 bridgehead atoms. The number of amides is 1. The minimum Gasteiger partial charge on any atom is -0.378 e. The molecule has 0 aromatic heterocycles. The maximum Gasteiger partial charge on any atom is 0.222 e. The Morgan fingerprint density at radius 3 is 2.16 bits per heavy atom. The fourth-order valence-electron chi connectivity index (χ4n) is 3.83. The molecule has 4 nitrogen and oxygen atoms in total. The number of likely N-dealkylation sites (tertiary alicyclic amines) is 1. The summed E-state index contributed by atoms with van der Waals surface area (Å²) in [7, 11) is 0. The molecule has 1 atom stereocenters. The van der Waals surface area contributed by atoms with Gasteiger partial charge in [0.05, 0.1) is 6.04 Å². The van der Waals surface area contributed by atoms with E-state index in [4.69, 9.17) is 5.73 Å². The van der Waals surface area contributed by atoms with Gasteiger partial charge in [0.15, 0.2) is 0 Å². The highest BCUT2D eigenvalue weighted by atomic mass is 16.3. The minimum atomic E-state index is -1.21. The number of benzene rings is 2. The highest BCUT2D eigenvalue weighted by Crippen LogP contribution is 2.40. The van der Waals surface area contributed by atoms with Gasteiger partial charge < -0.3 is 15.7 Å². The maximum atomic E-state index is 12.7. The SMILES string of the molecule is NCCCC(=O)N1CCC[C@H]1C(O)(c1ccccc1)c1ccccc1. The Labute approximate surface area is 149 Å². The van der Waals surface area contributed by atoms with Gasteiger partial charge >= 0.3 is 0 Å². The zero-order chi connectivity index (χ0) is 17.7. The van der Waals surface area contributed by atoms with Crippen molar-refractivity contribution in [2.75, 3.05) is 13.1 Å². The van der Waals surface area contributed by atoms with Gasteiger partial charge in [0.25, 0.3) is 0 Å². The molecular formula is C21H26N2O2. The normalized spacial score (nSPS) is 17.7. The molecule has 1 heterocycles. The lowest BCUT2D eigenvalue weighted by Gasteiger charge is -2.40. The van der Waals surface area contributed by atoms with Gasteiger partial charge in [-0.15, -0.1) is 0 Å². The smallest absolute Gasteiger partial charge is 0.222 e. The van der Waals surface area contributed by atoms with E-state index in [2.05, 4.69) is 0 Å². The molecule has 1 aliphatic heterocycles. The second-order valence-electron chi connectivity index (χ2n) is 6.64. The summed E-state index contributed by atoms with van der Waals surface area (Å²) >= 11 is 0. The number of hydrogen-bond acceptors (Lipinski definition) is 3. The van der Waals surface area contributed by atoms with Crippen LogP contribution in [0.15, 0.2) is 60.7 Å². The van der Waals surface area contributed by atoms with Crippen LogP contribution in [-0.2, 0) is 10.4 Å². The molecule has 0 aliphatic carbocycles. The molecule has 4 heteroatoms. The van der Waals surface area contributed by atoms with E-state index in [-0.39, 0.29) is 11.9 Å². The van der Waals surface area contributed by atoms with Crippen molar-refractivity contribution in [3.05, 3.63) is 71.8 Å². The molecule has 0 spiro atoms. The van der Waals surface area contributed by atoms with Crippen LogP contribution in [0.5, 0.6) is 0 Å². The van der Waals surface area contributed by atoms with Gasteiger partial charge in [-0.25, -0.2) is 0 Å². The van der Waals surface area contributed by atoms with E-state index >= 15 is 0 Å². The largest absolute Gasteiger partial charge is 0.378 e. The number of aliphatic hydroxyl groups is 1. The van der Waals surface area contributed by atoms with E-state index in [0.717, 1.165) is 24.0 Å². The third kappa shape index (κ3) is 3.46. The molecule has 1 amide bonds. The molecule has 25 heavy (non-hydrogen) atoms. The first-order valence-corrected chi connectivity index (χ1v) is 9.01. The van der Waals surface area contributed by atoms with Crippen LogP contribution >= 0.6 is 0 Å². The van der Waals surface area contributed by atoms with Gasteiger partial charge in [-0.2, -0.15) is 0 Å².